The van der Waals surface area contributed by atoms with Crippen LogP contribution in [0.4, 0.5) is 0 Å². The van der Waals surface area contributed by atoms with E-state index in [0.29, 0.717) is 0 Å². The van der Waals surface area contributed by atoms with Crippen LogP contribution in [0, 0.1) is 0 Å². The third-order valence-electron chi connectivity index (χ3n) is 7.24. The Hall–Kier alpha value is -0.993. The van der Waals surface area contributed by atoms with Gasteiger partial charge in [-0.1, -0.05) is 0 Å². The first-order chi connectivity index (χ1) is 14.5. The van der Waals surface area contributed by atoms with Crippen molar-refractivity contribution in [2.75, 3.05) is 0 Å². The summed E-state index contributed by atoms with van der Waals surface area (Å²) < 4.78 is 1.54. The van der Waals surface area contributed by atoms with Gasteiger partial charge in [0.1, 0.15) is 0 Å². The number of rotatable bonds is 6. The molecule has 2 aromatic carbocycles. The SMILES string of the molecule is CCc1ccc(CC)c2c1C=C[CH]2[Hf]([CH]1C=Cc2c(CC)ccc(CC)c21)=[Si](C)C. The first kappa shape index (κ1) is 22.2. The summed E-state index contributed by atoms with van der Waals surface area (Å²) >= 11 is -2.07. The minimum absolute atomic E-state index is 0.299. The van der Waals surface area contributed by atoms with Crippen molar-refractivity contribution in [1.29, 1.82) is 0 Å². The minimum atomic E-state index is -2.07. The molecule has 4 rings (SSSR count). The Labute approximate surface area is 191 Å². The van der Waals surface area contributed by atoms with Crippen molar-refractivity contribution in [2.24, 2.45) is 0 Å². The van der Waals surface area contributed by atoms with Gasteiger partial charge in [-0.2, -0.15) is 0 Å². The van der Waals surface area contributed by atoms with Crippen molar-refractivity contribution in [3.05, 3.63) is 80.9 Å². The first-order valence-corrected chi connectivity index (χ1v) is 23.9. The Morgan fingerprint density at radius 2 is 1.00 bits per heavy atom. The van der Waals surface area contributed by atoms with Gasteiger partial charge in [0, 0.05) is 0 Å². The van der Waals surface area contributed by atoms with Crippen LogP contribution in [0.3, 0.4) is 0 Å². The average molecular weight is 579 g/mol. The van der Waals surface area contributed by atoms with Gasteiger partial charge in [-0.25, -0.2) is 0 Å². The van der Waals surface area contributed by atoms with Gasteiger partial charge in [0.25, 0.3) is 0 Å². The van der Waals surface area contributed by atoms with E-state index >= 15 is 0 Å². The van der Waals surface area contributed by atoms with Crippen LogP contribution in [0.2, 0.25) is 13.1 Å². The topological polar surface area (TPSA) is 0 Å². The molecular formula is C28H36HfSi. The summed E-state index contributed by atoms with van der Waals surface area (Å²) in [7, 11) is 0. The van der Waals surface area contributed by atoms with Gasteiger partial charge in [0.05, 0.1) is 0 Å². The van der Waals surface area contributed by atoms with E-state index in [4.69, 9.17) is 0 Å². The predicted octanol–water partition coefficient (Wildman–Crippen LogP) is 7.64. The first-order valence-electron chi connectivity index (χ1n) is 11.9. The molecule has 0 nitrogen and oxygen atoms in total. The summed E-state index contributed by atoms with van der Waals surface area (Å²) in [5.74, 6) is 0. The zero-order chi connectivity index (χ0) is 21.4. The Kier molecular flexibility index (Phi) is 6.84. The van der Waals surface area contributed by atoms with Gasteiger partial charge < -0.3 is 0 Å². The van der Waals surface area contributed by atoms with Crippen LogP contribution in [-0.4, -0.2) is 5.49 Å². The van der Waals surface area contributed by atoms with E-state index in [1.54, 1.807) is 44.5 Å². The molecule has 0 radical (unpaired) electrons. The summed E-state index contributed by atoms with van der Waals surface area (Å²) in [6.45, 7) is 14.6. The Morgan fingerprint density at radius 3 is 1.33 bits per heavy atom. The maximum absolute atomic E-state index is 2.66. The second-order valence-electron chi connectivity index (χ2n) is 8.97. The second kappa shape index (κ2) is 9.24. The molecule has 2 aliphatic carbocycles. The van der Waals surface area contributed by atoms with Gasteiger partial charge in [0.15, 0.2) is 0 Å². The van der Waals surface area contributed by atoms with Gasteiger partial charge in [-0.05, 0) is 0 Å². The number of allylic oxidation sites excluding steroid dienone is 2. The molecule has 0 saturated heterocycles. The van der Waals surface area contributed by atoms with E-state index in [-0.39, 0.29) is 5.49 Å². The number of fused-ring (bicyclic) bond motifs is 2. The van der Waals surface area contributed by atoms with Crippen molar-refractivity contribution in [1.82, 2.24) is 0 Å². The van der Waals surface area contributed by atoms with Crippen molar-refractivity contribution in [2.45, 2.75) is 73.8 Å². The quantitative estimate of drug-likeness (QED) is 0.309. The van der Waals surface area contributed by atoms with Crippen molar-refractivity contribution < 1.29 is 20.1 Å². The monoisotopic (exact) mass is 580 g/mol. The fourth-order valence-electron chi connectivity index (χ4n) is 5.73. The van der Waals surface area contributed by atoms with Gasteiger partial charge in [0.2, 0.25) is 0 Å². The normalized spacial score (nSPS) is 18.6. The third kappa shape index (κ3) is 3.62. The zero-order valence-corrected chi connectivity index (χ0v) is 24.2. The molecule has 2 aliphatic rings. The van der Waals surface area contributed by atoms with E-state index in [0.717, 1.165) is 33.0 Å². The average Bonchev–Trinajstić information content (AvgIpc) is 3.38. The number of aryl methyl sites for hydroxylation is 4. The van der Waals surface area contributed by atoms with Gasteiger partial charge >= 0.3 is 192 Å². The Bertz CT molecular complexity index is 987. The van der Waals surface area contributed by atoms with Crippen molar-refractivity contribution >= 4 is 17.6 Å². The molecule has 2 unspecified atom stereocenters. The molecule has 0 spiro atoms. The van der Waals surface area contributed by atoms with Crippen LogP contribution in [0.15, 0.2) is 36.4 Å². The van der Waals surface area contributed by atoms with Crippen LogP contribution in [-0.2, 0) is 45.7 Å². The van der Waals surface area contributed by atoms with E-state index in [1.165, 1.54) is 0 Å². The second-order valence-corrected chi connectivity index (χ2v) is 34.2. The van der Waals surface area contributed by atoms with Crippen molar-refractivity contribution in [3.8, 4) is 0 Å². The number of benzene rings is 2. The van der Waals surface area contributed by atoms with E-state index in [9.17, 15) is 0 Å². The zero-order valence-electron chi connectivity index (χ0n) is 19.6. The van der Waals surface area contributed by atoms with Crippen LogP contribution >= 0.6 is 0 Å². The Balaban J connectivity index is 1.89. The third-order valence-corrected chi connectivity index (χ3v) is 34.2. The van der Waals surface area contributed by atoms with E-state index in [2.05, 4.69) is 89.4 Å². The van der Waals surface area contributed by atoms with E-state index in [1.807, 2.05) is 0 Å². The van der Waals surface area contributed by atoms with Crippen LogP contribution < -0.4 is 0 Å². The summed E-state index contributed by atoms with van der Waals surface area (Å²) in [5.41, 5.74) is 12.7. The van der Waals surface area contributed by atoms with Crippen LogP contribution in [0.5, 0.6) is 0 Å². The number of hydrogen-bond donors (Lipinski definition) is 0. The summed E-state index contributed by atoms with van der Waals surface area (Å²) in [6.07, 6.45) is 14.9. The molecule has 0 aromatic heterocycles. The molecule has 0 heterocycles. The molecule has 0 fully saturated rings. The molecule has 0 bridgehead atoms. The molecule has 0 aliphatic heterocycles. The maximum atomic E-state index is 2.66. The van der Waals surface area contributed by atoms with Gasteiger partial charge in [-0.15, -0.1) is 0 Å². The molecule has 0 N–H and O–H groups in total. The fraction of sp³-hybridized carbons (Fsp3) is 0.429. The van der Waals surface area contributed by atoms with E-state index < -0.39 is 20.1 Å². The standard InChI is InChI=1S/2C13H15.C2H6Si.Hf/c2*1-3-10-8-9-11(4-2)13-7-5-6-12(10)13;1-3-2;/h2*5-9H,3-4H2,1-2H3;1-2H3;. The summed E-state index contributed by atoms with van der Waals surface area (Å²) in [6, 6.07) is 9.69. The predicted molar refractivity (Wildman–Crippen MR) is 131 cm³/mol. The van der Waals surface area contributed by atoms with Crippen LogP contribution in [0.1, 0.15) is 79.6 Å². The summed E-state index contributed by atoms with van der Waals surface area (Å²) in [5, 5.41) is 0. The van der Waals surface area contributed by atoms with Crippen molar-refractivity contribution in [3.63, 3.8) is 0 Å². The molecule has 0 amide bonds. The molecule has 30 heavy (non-hydrogen) atoms. The molecule has 2 atom stereocenters. The molecule has 0 saturated carbocycles. The van der Waals surface area contributed by atoms with Gasteiger partial charge in [-0.3, -0.25) is 0 Å². The fourth-order valence-corrected chi connectivity index (χ4v) is 32.6. The molecule has 156 valence electrons. The number of hydrogen-bond acceptors (Lipinski definition) is 0. The molecule has 2 heteroatoms. The molecule has 2 aromatic rings. The molecular weight excluding hydrogens is 543 g/mol. The summed E-state index contributed by atoms with van der Waals surface area (Å²) in [4.78, 5) is 0. The van der Waals surface area contributed by atoms with Crippen LogP contribution in [0.25, 0.3) is 12.2 Å². The Morgan fingerprint density at radius 1 is 0.633 bits per heavy atom.